The van der Waals surface area contributed by atoms with E-state index in [0.29, 0.717) is 28.3 Å². The highest BCUT2D eigenvalue weighted by molar-refractivity contribution is 6.42. The molecule has 0 saturated heterocycles. The number of carbonyl (C=O) groups is 2. The quantitative estimate of drug-likeness (QED) is 0.835. The molecule has 2 atom stereocenters. The number of benzene rings is 1. The van der Waals surface area contributed by atoms with Gasteiger partial charge in [0.25, 0.3) is 5.91 Å². The maximum Gasteiger partial charge on any atom is 0.346 e. The Balaban J connectivity index is 1.59. The van der Waals surface area contributed by atoms with Crippen molar-refractivity contribution in [3.63, 3.8) is 0 Å². The predicted molar refractivity (Wildman–Crippen MR) is 104 cm³/mol. The highest BCUT2D eigenvalue weighted by Crippen LogP contribution is 2.36. The fourth-order valence-corrected chi connectivity index (χ4v) is 3.74. The number of carbonyl (C=O) groups excluding carboxylic acids is 2. The van der Waals surface area contributed by atoms with E-state index in [1.807, 2.05) is 0 Å². The third-order valence-corrected chi connectivity index (χ3v) is 5.13. The second-order valence-electron chi connectivity index (χ2n) is 7.05. The van der Waals surface area contributed by atoms with Gasteiger partial charge in [0.2, 0.25) is 0 Å². The molecule has 1 aliphatic carbocycles. The summed E-state index contributed by atoms with van der Waals surface area (Å²) in [5, 5.41) is 2.60. The Labute approximate surface area is 169 Å². The lowest BCUT2D eigenvalue weighted by Crippen LogP contribution is -2.40. The molecule has 9 heteroatoms. The minimum atomic E-state index is -0.851. The molecule has 1 aromatic rings. The van der Waals surface area contributed by atoms with Crippen LogP contribution in [0.3, 0.4) is 0 Å². The summed E-state index contributed by atoms with van der Waals surface area (Å²) in [6.07, 6.45) is 7.45. The Morgan fingerprint density at radius 2 is 2.03 bits per heavy atom. The fraction of sp³-hybridized carbons (Fsp3) is 0.143. The molecule has 0 bridgehead atoms. The number of halogens is 2. The number of nitrogens with zero attached hydrogens (tertiary/aromatic N) is 3. The summed E-state index contributed by atoms with van der Waals surface area (Å²) in [6.45, 7) is 0. The zero-order valence-corrected chi connectivity index (χ0v) is 15.6. The van der Waals surface area contributed by atoms with Gasteiger partial charge < -0.3 is 15.0 Å². The van der Waals surface area contributed by atoms with Crippen molar-refractivity contribution in [3.05, 3.63) is 77.3 Å². The molecule has 30 heavy (non-hydrogen) atoms. The fourth-order valence-electron chi connectivity index (χ4n) is 3.74. The maximum atomic E-state index is 14.2. The summed E-state index contributed by atoms with van der Waals surface area (Å²) in [6, 6.07) is 2.51. The normalized spacial score (nSPS) is 24.4. The summed E-state index contributed by atoms with van der Waals surface area (Å²) >= 11 is 0. The number of ether oxygens (including phenoxy) is 1. The van der Waals surface area contributed by atoms with E-state index in [9.17, 15) is 18.4 Å². The monoisotopic (exact) mass is 408 g/mol. The average Bonchev–Trinajstić information content (AvgIpc) is 3.32. The van der Waals surface area contributed by atoms with E-state index < -0.39 is 29.7 Å². The van der Waals surface area contributed by atoms with Gasteiger partial charge in [0, 0.05) is 31.1 Å². The first-order chi connectivity index (χ1) is 14.4. The molecule has 0 fully saturated rings. The summed E-state index contributed by atoms with van der Waals surface area (Å²) in [5.74, 6) is -2.34. The van der Waals surface area contributed by atoms with Crippen LogP contribution in [0.25, 0.3) is 0 Å². The molecule has 7 nitrogen and oxygen atoms in total. The van der Waals surface area contributed by atoms with Crippen molar-refractivity contribution in [2.45, 2.75) is 6.10 Å². The first-order valence-corrected chi connectivity index (χ1v) is 9.09. The lowest BCUT2D eigenvalue weighted by Gasteiger charge is -2.32. The standard InChI is InChI=1S/C21H14F2N4O3/c1-27-9-13(11-4-5-24-19(11)20(27)28)12-7-15-16(26-21(29)25-15)8-18(12)30-17-3-2-10(22)6-14(17)23/h2-9,11,18H,1H3,(H,26,29). The van der Waals surface area contributed by atoms with Gasteiger partial charge in [0.05, 0.1) is 17.3 Å². The second-order valence-corrected chi connectivity index (χ2v) is 7.05. The van der Waals surface area contributed by atoms with Crippen LogP contribution in [-0.4, -0.2) is 41.4 Å². The molecule has 3 aliphatic heterocycles. The first-order valence-electron chi connectivity index (χ1n) is 9.09. The van der Waals surface area contributed by atoms with Gasteiger partial charge >= 0.3 is 6.03 Å². The highest BCUT2D eigenvalue weighted by Gasteiger charge is 2.39. The molecule has 0 spiro atoms. The van der Waals surface area contributed by atoms with Gasteiger partial charge in [0.15, 0.2) is 11.6 Å². The zero-order chi connectivity index (χ0) is 21.0. The van der Waals surface area contributed by atoms with Crippen molar-refractivity contribution in [1.29, 1.82) is 0 Å². The van der Waals surface area contributed by atoms with Crippen LogP contribution in [0, 0.1) is 17.6 Å². The van der Waals surface area contributed by atoms with E-state index in [-0.39, 0.29) is 11.7 Å². The van der Waals surface area contributed by atoms with Crippen molar-refractivity contribution in [2.75, 3.05) is 7.05 Å². The predicted octanol–water partition coefficient (Wildman–Crippen LogP) is 2.64. The van der Waals surface area contributed by atoms with Crippen LogP contribution in [-0.2, 0) is 4.79 Å². The molecule has 1 N–H and O–H groups in total. The maximum absolute atomic E-state index is 14.2. The minimum Gasteiger partial charge on any atom is -0.478 e. The Hall–Kier alpha value is -3.88. The number of hydrogen-bond donors (Lipinski definition) is 1. The molecule has 0 saturated carbocycles. The molecule has 5 rings (SSSR count). The highest BCUT2D eigenvalue weighted by atomic mass is 19.1. The van der Waals surface area contributed by atoms with Crippen molar-refractivity contribution in [3.8, 4) is 5.75 Å². The van der Waals surface area contributed by atoms with Crippen molar-refractivity contribution in [1.82, 2.24) is 10.2 Å². The first kappa shape index (κ1) is 18.2. The molecule has 1 aromatic carbocycles. The van der Waals surface area contributed by atoms with Crippen molar-refractivity contribution in [2.24, 2.45) is 15.9 Å². The van der Waals surface area contributed by atoms with Crippen LogP contribution in [0.15, 0.2) is 75.7 Å². The van der Waals surface area contributed by atoms with E-state index in [1.165, 1.54) is 11.0 Å². The van der Waals surface area contributed by atoms with E-state index >= 15 is 0 Å². The van der Waals surface area contributed by atoms with Crippen LogP contribution in [0.5, 0.6) is 5.75 Å². The average molecular weight is 408 g/mol. The largest absolute Gasteiger partial charge is 0.478 e. The van der Waals surface area contributed by atoms with Crippen molar-refractivity contribution < 1.29 is 23.1 Å². The van der Waals surface area contributed by atoms with Gasteiger partial charge in [-0.05, 0) is 29.9 Å². The van der Waals surface area contributed by atoms with Crippen LogP contribution < -0.4 is 10.1 Å². The van der Waals surface area contributed by atoms with Gasteiger partial charge in [-0.1, -0.05) is 6.08 Å². The molecule has 2 unspecified atom stereocenters. The summed E-state index contributed by atoms with van der Waals surface area (Å²) in [4.78, 5) is 33.6. The van der Waals surface area contributed by atoms with Crippen molar-refractivity contribution >= 4 is 23.4 Å². The molecule has 3 amide bonds. The molecule has 0 radical (unpaired) electrons. The third kappa shape index (κ3) is 2.86. The zero-order valence-electron chi connectivity index (χ0n) is 15.6. The molecule has 4 aliphatic rings. The topological polar surface area (TPSA) is 83.4 Å². The van der Waals surface area contributed by atoms with Crippen LogP contribution in [0.2, 0.25) is 0 Å². The SMILES string of the molecule is CN1C=C(C2=CC3=NC(=O)NC3=CC2Oc2ccc(F)cc2F)C2C=CN=C2C1=O. The molecule has 150 valence electrons. The Morgan fingerprint density at radius 1 is 1.20 bits per heavy atom. The minimum absolute atomic E-state index is 0.148. The second kappa shape index (κ2) is 6.58. The lowest BCUT2D eigenvalue weighted by molar-refractivity contribution is -0.121. The molecule has 0 aromatic heterocycles. The molecular weight excluding hydrogens is 394 g/mol. The van der Waals surface area contributed by atoms with Gasteiger partial charge in [-0.25, -0.2) is 13.6 Å². The number of amides is 3. The summed E-state index contributed by atoms with van der Waals surface area (Å²) in [7, 11) is 1.61. The van der Waals surface area contributed by atoms with Crippen LogP contribution in [0.4, 0.5) is 13.6 Å². The van der Waals surface area contributed by atoms with E-state index in [1.54, 1.807) is 37.7 Å². The number of nitrogens with one attached hydrogen (secondary N) is 1. The van der Waals surface area contributed by atoms with Gasteiger partial charge in [-0.15, -0.1) is 0 Å². The number of urea groups is 1. The number of rotatable bonds is 3. The Kier molecular flexibility index (Phi) is 3.99. The number of hydrogen-bond acceptors (Lipinski definition) is 4. The third-order valence-electron chi connectivity index (χ3n) is 5.13. The Bertz CT molecular complexity index is 1190. The van der Waals surface area contributed by atoms with Gasteiger partial charge in [-0.3, -0.25) is 9.79 Å². The van der Waals surface area contributed by atoms with Crippen LogP contribution >= 0.6 is 0 Å². The molecule has 3 heterocycles. The van der Waals surface area contributed by atoms with Crippen LogP contribution in [0.1, 0.15) is 0 Å². The van der Waals surface area contributed by atoms with Gasteiger partial charge in [-0.2, -0.15) is 4.99 Å². The van der Waals surface area contributed by atoms with E-state index in [0.717, 1.165) is 12.1 Å². The molecular formula is C21H14F2N4O3. The van der Waals surface area contributed by atoms with Gasteiger partial charge in [0.1, 0.15) is 17.6 Å². The lowest BCUT2D eigenvalue weighted by atomic mass is 9.82. The number of allylic oxidation sites excluding steroid dienone is 2. The summed E-state index contributed by atoms with van der Waals surface area (Å²) in [5.41, 5.74) is 2.50. The number of fused-ring (bicyclic) bond motifs is 2. The van der Waals surface area contributed by atoms with E-state index in [2.05, 4.69) is 15.3 Å². The number of aliphatic imine (C=N–C) groups is 2. The Morgan fingerprint density at radius 3 is 2.83 bits per heavy atom. The van der Waals surface area contributed by atoms with E-state index in [4.69, 9.17) is 4.74 Å². The smallest absolute Gasteiger partial charge is 0.346 e. The summed E-state index contributed by atoms with van der Waals surface area (Å²) < 4.78 is 33.4.